The van der Waals surface area contributed by atoms with Crippen LogP contribution < -0.4 is 0 Å². The molecule has 0 amide bonds. The van der Waals surface area contributed by atoms with Crippen molar-refractivity contribution in [3.8, 4) is 0 Å². The highest BCUT2D eigenvalue weighted by Gasteiger charge is 2.56. The lowest BCUT2D eigenvalue weighted by Crippen LogP contribution is -2.35. The Labute approximate surface area is 62.7 Å². The molecule has 0 aromatic rings. The van der Waals surface area contributed by atoms with E-state index in [1.165, 1.54) is 0 Å². The maximum atomic E-state index is 11.8. The lowest BCUT2D eigenvalue weighted by molar-refractivity contribution is -0.280. The topological polar surface area (TPSA) is 0 Å². The second kappa shape index (κ2) is 3.32. The van der Waals surface area contributed by atoms with E-state index >= 15 is 0 Å². The van der Waals surface area contributed by atoms with Gasteiger partial charge in [0.25, 0.3) is 6.08 Å². The molecule has 0 bridgehead atoms. The summed E-state index contributed by atoms with van der Waals surface area (Å²) in [6.45, 7) is 0. The summed E-state index contributed by atoms with van der Waals surface area (Å²) in [7, 11) is 0. The Morgan fingerprint density at radius 2 is 1.42 bits per heavy atom. The zero-order valence-corrected chi connectivity index (χ0v) is 5.43. The third-order valence-electron chi connectivity index (χ3n) is 0.927. The lowest BCUT2D eigenvalue weighted by Gasteiger charge is -2.17. The molecule has 0 saturated carbocycles. The minimum absolute atomic E-state index is 0.465. The summed E-state index contributed by atoms with van der Waals surface area (Å²) in [4.78, 5) is 0. The molecule has 0 radical (unpaired) electrons. The van der Waals surface area contributed by atoms with Gasteiger partial charge in [-0.25, -0.2) is 0 Å². The summed E-state index contributed by atoms with van der Waals surface area (Å²) in [5, 5.41) is 0. The van der Waals surface area contributed by atoms with Crippen LogP contribution in [-0.2, 0) is 0 Å². The van der Waals surface area contributed by atoms with Crippen LogP contribution in [0.25, 0.3) is 0 Å². The van der Waals surface area contributed by atoms with Crippen molar-refractivity contribution in [3.05, 3.63) is 12.2 Å². The molecule has 0 saturated heterocycles. The highest BCUT2D eigenvalue weighted by molar-refractivity contribution is 4.89. The van der Waals surface area contributed by atoms with E-state index in [0.717, 1.165) is 0 Å². The molecule has 0 aliphatic carbocycles. The fourth-order valence-electron chi connectivity index (χ4n) is 0.321. The molecule has 0 aromatic heterocycles. The van der Waals surface area contributed by atoms with Gasteiger partial charge < -0.3 is 0 Å². The third-order valence-corrected chi connectivity index (χ3v) is 0.927. The highest BCUT2D eigenvalue weighted by Crippen LogP contribution is 2.38. The summed E-state index contributed by atoms with van der Waals surface area (Å²) in [5.74, 6) is -5.09. The quantitative estimate of drug-likeness (QED) is 0.594. The second-order valence-corrected chi connectivity index (χ2v) is 1.90. The molecule has 0 atom stereocenters. The first-order chi connectivity index (χ1) is 5.17. The molecule has 0 aromatic carbocycles. The summed E-state index contributed by atoms with van der Waals surface area (Å²) in [6.07, 6.45) is -10.8. The largest absolute Gasteiger partial charge is 0.453 e. The average molecular weight is 196 g/mol. The maximum absolute atomic E-state index is 11.8. The molecular weight excluding hydrogens is 193 g/mol. The summed E-state index contributed by atoms with van der Waals surface area (Å²) < 4.78 is 79.6. The van der Waals surface area contributed by atoms with Crippen molar-refractivity contribution in [1.29, 1.82) is 0 Å². The minimum Gasteiger partial charge on any atom is -0.196 e. The van der Waals surface area contributed by atoms with Crippen molar-refractivity contribution < 1.29 is 30.7 Å². The van der Waals surface area contributed by atoms with Crippen molar-refractivity contribution in [1.82, 2.24) is 0 Å². The van der Waals surface area contributed by atoms with E-state index in [0.29, 0.717) is 0 Å². The van der Waals surface area contributed by atoms with Crippen molar-refractivity contribution >= 4 is 0 Å². The number of alkyl halides is 5. The van der Waals surface area contributed by atoms with Crippen molar-refractivity contribution in [2.75, 3.05) is 0 Å². The third kappa shape index (κ3) is 3.10. The molecule has 0 heterocycles. The molecule has 0 rings (SSSR count). The molecular formula is C5H3F7. The SMILES string of the molecule is FC(F)=CCC(F)(F)C(F)(F)F. The van der Waals surface area contributed by atoms with Crippen LogP contribution in [0.15, 0.2) is 12.2 Å². The Balaban J connectivity index is 4.34. The summed E-state index contributed by atoms with van der Waals surface area (Å²) in [6, 6.07) is 0. The van der Waals surface area contributed by atoms with E-state index in [-0.39, 0.29) is 0 Å². The van der Waals surface area contributed by atoms with Gasteiger partial charge in [0.1, 0.15) is 0 Å². The number of hydrogen-bond donors (Lipinski definition) is 0. The second-order valence-electron chi connectivity index (χ2n) is 1.90. The number of rotatable bonds is 2. The van der Waals surface area contributed by atoms with Gasteiger partial charge in [-0.1, -0.05) is 0 Å². The molecule has 0 aliphatic heterocycles. The van der Waals surface area contributed by atoms with E-state index in [1.54, 1.807) is 0 Å². The van der Waals surface area contributed by atoms with Gasteiger partial charge in [0, 0.05) is 6.42 Å². The van der Waals surface area contributed by atoms with Crippen molar-refractivity contribution in [2.24, 2.45) is 0 Å². The Morgan fingerprint density at radius 1 is 1.00 bits per heavy atom. The van der Waals surface area contributed by atoms with Crippen LogP contribution in [0.1, 0.15) is 6.42 Å². The van der Waals surface area contributed by atoms with Crippen LogP contribution >= 0.6 is 0 Å². The Morgan fingerprint density at radius 3 is 1.67 bits per heavy atom. The van der Waals surface area contributed by atoms with Crippen LogP contribution in [0.2, 0.25) is 0 Å². The molecule has 12 heavy (non-hydrogen) atoms. The fourth-order valence-corrected chi connectivity index (χ4v) is 0.321. The molecule has 72 valence electrons. The van der Waals surface area contributed by atoms with E-state index in [1.807, 2.05) is 0 Å². The Kier molecular flexibility index (Phi) is 3.11. The smallest absolute Gasteiger partial charge is 0.196 e. The molecule has 0 unspecified atom stereocenters. The van der Waals surface area contributed by atoms with Gasteiger partial charge in [-0.3, -0.25) is 0 Å². The molecule has 0 aliphatic rings. The van der Waals surface area contributed by atoms with E-state index in [4.69, 9.17) is 0 Å². The Bertz CT molecular complexity index is 173. The van der Waals surface area contributed by atoms with Gasteiger partial charge >= 0.3 is 12.1 Å². The maximum Gasteiger partial charge on any atom is 0.453 e. The number of allylic oxidation sites excluding steroid dienone is 1. The van der Waals surface area contributed by atoms with Gasteiger partial charge in [0.05, 0.1) is 0 Å². The van der Waals surface area contributed by atoms with Crippen LogP contribution in [0.3, 0.4) is 0 Å². The minimum atomic E-state index is -5.78. The predicted octanol–water partition coefficient (Wildman–Crippen LogP) is 3.35. The van der Waals surface area contributed by atoms with E-state index in [2.05, 4.69) is 0 Å². The van der Waals surface area contributed by atoms with E-state index in [9.17, 15) is 30.7 Å². The van der Waals surface area contributed by atoms with Gasteiger partial charge in [-0.15, -0.1) is 0 Å². The molecule has 0 spiro atoms. The zero-order chi connectivity index (χ0) is 9.99. The molecule has 0 nitrogen and oxygen atoms in total. The first-order valence-electron chi connectivity index (χ1n) is 2.62. The lowest BCUT2D eigenvalue weighted by atomic mass is 10.2. The zero-order valence-electron chi connectivity index (χ0n) is 5.43. The first-order valence-corrected chi connectivity index (χ1v) is 2.62. The highest BCUT2D eigenvalue weighted by atomic mass is 19.4. The Hall–Kier alpha value is -0.750. The van der Waals surface area contributed by atoms with Crippen LogP contribution in [0, 0.1) is 0 Å². The first kappa shape index (κ1) is 11.2. The van der Waals surface area contributed by atoms with Crippen molar-refractivity contribution in [2.45, 2.75) is 18.5 Å². The van der Waals surface area contributed by atoms with E-state index < -0.39 is 30.7 Å². The number of hydrogen-bond acceptors (Lipinski definition) is 0. The van der Waals surface area contributed by atoms with Gasteiger partial charge in [0.2, 0.25) is 0 Å². The van der Waals surface area contributed by atoms with Gasteiger partial charge in [-0.05, 0) is 6.08 Å². The monoisotopic (exact) mass is 196 g/mol. The molecule has 0 N–H and O–H groups in total. The van der Waals surface area contributed by atoms with Gasteiger partial charge in [-0.2, -0.15) is 30.7 Å². The van der Waals surface area contributed by atoms with Crippen LogP contribution in [0.5, 0.6) is 0 Å². The molecule has 7 heteroatoms. The van der Waals surface area contributed by atoms with Crippen LogP contribution in [0.4, 0.5) is 30.7 Å². The van der Waals surface area contributed by atoms with Gasteiger partial charge in [0.15, 0.2) is 0 Å². The normalized spacial score (nSPS) is 12.9. The average Bonchev–Trinajstić information content (AvgIpc) is 1.81. The van der Waals surface area contributed by atoms with Crippen LogP contribution in [-0.4, -0.2) is 12.1 Å². The fraction of sp³-hybridized carbons (Fsp3) is 0.600. The predicted molar refractivity (Wildman–Crippen MR) is 25.9 cm³/mol. The standard InChI is InChI=1S/C5H3F7/c6-3(7)1-2-4(8,9)5(10,11)12/h1H,2H2. The number of halogens is 7. The van der Waals surface area contributed by atoms with Crippen molar-refractivity contribution in [3.63, 3.8) is 0 Å². The summed E-state index contributed by atoms with van der Waals surface area (Å²) in [5.41, 5.74) is 0. The summed E-state index contributed by atoms with van der Waals surface area (Å²) >= 11 is 0. The molecule has 0 fully saturated rings.